The molecule has 3 saturated heterocycles. The smallest absolute Gasteiger partial charge is 0.319 e. The summed E-state index contributed by atoms with van der Waals surface area (Å²) in [4.78, 5) is 36.5. The van der Waals surface area contributed by atoms with Crippen LogP contribution in [0, 0.1) is 0 Å². The Morgan fingerprint density at radius 1 is 0.684 bits per heavy atom. The van der Waals surface area contributed by atoms with Crippen LogP contribution in [-0.4, -0.2) is 91.6 Å². The average molecular weight is 534 g/mol. The summed E-state index contributed by atoms with van der Waals surface area (Å²) in [5.41, 5.74) is -0.0607. The summed E-state index contributed by atoms with van der Waals surface area (Å²) < 4.78 is 0. The van der Waals surface area contributed by atoms with Gasteiger partial charge in [-0.3, -0.25) is 15.1 Å². The van der Waals surface area contributed by atoms with Gasteiger partial charge in [0.1, 0.15) is 0 Å². The highest BCUT2D eigenvalue weighted by Crippen LogP contribution is 2.43. The van der Waals surface area contributed by atoms with Gasteiger partial charge in [-0.05, 0) is 114 Å². The van der Waals surface area contributed by atoms with Crippen molar-refractivity contribution in [3.05, 3.63) is 0 Å². The molecule has 0 spiro atoms. The minimum Gasteiger partial charge on any atom is -0.319 e. The molecule has 220 valence electrons. The van der Waals surface area contributed by atoms with Crippen molar-refractivity contribution in [2.24, 2.45) is 0 Å². The van der Waals surface area contributed by atoms with Crippen molar-refractivity contribution in [3.8, 4) is 0 Å². The van der Waals surface area contributed by atoms with Gasteiger partial charge in [-0.1, -0.05) is 26.7 Å². The summed E-state index contributed by atoms with van der Waals surface area (Å²) >= 11 is 0. The van der Waals surface area contributed by atoms with Gasteiger partial charge in [0.05, 0.1) is 0 Å². The van der Waals surface area contributed by atoms with Crippen molar-refractivity contribution < 1.29 is 9.59 Å². The van der Waals surface area contributed by atoms with Crippen LogP contribution >= 0.6 is 0 Å². The topological polar surface area (TPSA) is 59.1 Å². The lowest BCUT2D eigenvalue weighted by molar-refractivity contribution is -0.0685. The first-order valence-corrected chi connectivity index (χ1v) is 15.4. The highest BCUT2D eigenvalue weighted by atomic mass is 16.2. The van der Waals surface area contributed by atoms with Crippen molar-refractivity contribution in [3.63, 3.8) is 0 Å². The molecule has 7 heteroatoms. The first-order valence-electron chi connectivity index (χ1n) is 15.4. The van der Waals surface area contributed by atoms with Crippen molar-refractivity contribution in [1.29, 1.82) is 0 Å². The highest BCUT2D eigenvalue weighted by molar-refractivity contribution is 5.94. The maximum Gasteiger partial charge on any atom is 0.326 e. The average Bonchev–Trinajstić information content (AvgIpc) is 2.85. The lowest BCUT2D eigenvalue weighted by Crippen LogP contribution is -2.66. The van der Waals surface area contributed by atoms with Gasteiger partial charge in [0.15, 0.2) is 0 Å². The number of rotatable bonds is 8. The summed E-state index contributed by atoms with van der Waals surface area (Å²) in [6.07, 6.45) is 8.42. The molecule has 3 heterocycles. The second-order valence-electron chi connectivity index (χ2n) is 15.0. The molecule has 0 bridgehead atoms. The third-order valence-electron chi connectivity index (χ3n) is 9.81. The van der Waals surface area contributed by atoms with E-state index in [-0.39, 0.29) is 52.3 Å². The summed E-state index contributed by atoms with van der Waals surface area (Å²) in [7, 11) is 0. The minimum atomic E-state index is -0.220. The summed E-state index contributed by atoms with van der Waals surface area (Å²) in [5.74, 6) is 0. The molecular weight excluding hydrogens is 474 g/mol. The van der Waals surface area contributed by atoms with Crippen molar-refractivity contribution in [2.45, 2.75) is 168 Å². The lowest BCUT2D eigenvalue weighted by atomic mass is 9.75. The predicted octanol–water partition coefficient (Wildman–Crippen LogP) is 6.47. The van der Waals surface area contributed by atoms with Crippen LogP contribution < -0.4 is 5.32 Å². The number of amides is 4. The normalized spacial score (nSPS) is 28.9. The summed E-state index contributed by atoms with van der Waals surface area (Å²) in [6.45, 7) is 28.0. The molecule has 0 saturated carbocycles. The van der Waals surface area contributed by atoms with E-state index in [2.05, 4.69) is 91.3 Å². The van der Waals surface area contributed by atoms with Crippen LogP contribution in [0.1, 0.15) is 128 Å². The van der Waals surface area contributed by atoms with Crippen LogP contribution in [-0.2, 0) is 0 Å². The van der Waals surface area contributed by atoms with Gasteiger partial charge >= 0.3 is 12.1 Å². The van der Waals surface area contributed by atoms with Gasteiger partial charge < -0.3 is 9.80 Å². The second-order valence-corrected chi connectivity index (χ2v) is 15.0. The Bertz CT molecular complexity index is 815. The summed E-state index contributed by atoms with van der Waals surface area (Å²) in [6, 6.07) is -0.268. The molecule has 3 aliphatic rings. The Morgan fingerprint density at radius 3 is 1.47 bits per heavy atom. The zero-order valence-corrected chi connectivity index (χ0v) is 26.6. The fourth-order valence-corrected chi connectivity index (χ4v) is 8.51. The Labute approximate surface area is 234 Å². The van der Waals surface area contributed by atoms with E-state index >= 15 is 0 Å². The molecule has 0 aromatic carbocycles. The van der Waals surface area contributed by atoms with Gasteiger partial charge in [-0.15, -0.1) is 0 Å². The Morgan fingerprint density at radius 2 is 1.08 bits per heavy atom. The van der Waals surface area contributed by atoms with Crippen LogP contribution in [0.4, 0.5) is 9.59 Å². The van der Waals surface area contributed by atoms with Crippen LogP contribution in [0.2, 0.25) is 0 Å². The first-order chi connectivity index (χ1) is 17.5. The zero-order chi connectivity index (χ0) is 28.7. The Kier molecular flexibility index (Phi) is 9.25. The van der Waals surface area contributed by atoms with Gasteiger partial charge in [-0.2, -0.15) is 0 Å². The van der Waals surface area contributed by atoms with E-state index in [1.165, 1.54) is 25.7 Å². The quantitative estimate of drug-likeness (QED) is 0.389. The number of piperidine rings is 2. The number of carbonyl (C=O) groups excluding carboxylic acids is 2. The standard InChI is InChI=1S/C31H59N5O2/c1-12-14-16-34-28(4,5)18-24(19-29(34,6)7)33-22-23(3)36(27(38)32-26(33)37)25-20-30(8,9)35(17-15-13-2)31(10,11)21-25/h23-25H,12-22H2,1-11H3,(H,32,37,38). The van der Waals surface area contributed by atoms with Crippen LogP contribution in [0.3, 0.4) is 0 Å². The molecule has 4 amide bonds. The van der Waals surface area contributed by atoms with Gasteiger partial charge in [-0.25, -0.2) is 9.59 Å². The maximum absolute atomic E-state index is 13.6. The van der Waals surface area contributed by atoms with E-state index in [1.54, 1.807) is 0 Å². The number of nitrogens with zero attached hydrogens (tertiary/aromatic N) is 4. The molecule has 7 nitrogen and oxygen atoms in total. The van der Waals surface area contributed by atoms with Crippen LogP contribution in [0.5, 0.6) is 0 Å². The number of unbranched alkanes of at least 4 members (excludes halogenated alkanes) is 2. The minimum absolute atomic E-state index is 0.0134. The number of hydrogen-bond acceptors (Lipinski definition) is 4. The SMILES string of the molecule is CCCCN1C(C)(C)CC(N2CC(C)N(C3CC(C)(C)N(CCCC)C(C)(C)C3)C(=O)NC2=O)CC1(C)C. The molecule has 3 aliphatic heterocycles. The van der Waals surface area contributed by atoms with E-state index < -0.39 is 0 Å². The fourth-order valence-electron chi connectivity index (χ4n) is 8.51. The number of urea groups is 2. The molecule has 0 aromatic rings. The molecular formula is C31H59N5O2. The second kappa shape index (κ2) is 11.3. The molecule has 3 rings (SSSR count). The number of nitrogens with one attached hydrogen (secondary N) is 1. The molecule has 0 aromatic heterocycles. The number of carbonyl (C=O) groups is 2. The van der Waals surface area contributed by atoms with E-state index in [4.69, 9.17) is 0 Å². The Hall–Kier alpha value is -1.34. The maximum atomic E-state index is 13.6. The first kappa shape index (κ1) is 31.2. The molecule has 1 unspecified atom stereocenters. The molecule has 1 N–H and O–H groups in total. The third-order valence-corrected chi connectivity index (χ3v) is 9.81. The number of likely N-dealkylation sites (tertiary alicyclic amines) is 2. The summed E-state index contributed by atoms with van der Waals surface area (Å²) in [5, 5.41) is 2.81. The van der Waals surface area contributed by atoms with E-state index in [1.807, 2.05) is 9.80 Å². The monoisotopic (exact) mass is 533 g/mol. The molecule has 38 heavy (non-hydrogen) atoms. The van der Waals surface area contributed by atoms with Crippen molar-refractivity contribution >= 4 is 12.1 Å². The Balaban J connectivity index is 1.82. The highest BCUT2D eigenvalue weighted by Gasteiger charge is 2.51. The van der Waals surface area contributed by atoms with E-state index in [0.29, 0.717) is 6.54 Å². The van der Waals surface area contributed by atoms with Crippen molar-refractivity contribution in [1.82, 2.24) is 24.9 Å². The lowest BCUT2D eigenvalue weighted by Gasteiger charge is -2.58. The van der Waals surface area contributed by atoms with Gasteiger partial charge in [0, 0.05) is 46.8 Å². The molecule has 0 radical (unpaired) electrons. The molecule has 3 fully saturated rings. The van der Waals surface area contributed by atoms with Crippen LogP contribution in [0.15, 0.2) is 0 Å². The van der Waals surface area contributed by atoms with Gasteiger partial charge in [0.25, 0.3) is 0 Å². The fraction of sp³-hybridized carbons (Fsp3) is 0.935. The van der Waals surface area contributed by atoms with Crippen LogP contribution in [0.25, 0.3) is 0 Å². The number of hydrogen-bond donors (Lipinski definition) is 1. The van der Waals surface area contributed by atoms with E-state index in [0.717, 1.165) is 38.8 Å². The number of imide groups is 1. The third kappa shape index (κ3) is 6.35. The largest absolute Gasteiger partial charge is 0.326 e. The predicted molar refractivity (Wildman–Crippen MR) is 158 cm³/mol. The van der Waals surface area contributed by atoms with E-state index in [9.17, 15) is 9.59 Å². The van der Waals surface area contributed by atoms with Crippen molar-refractivity contribution in [2.75, 3.05) is 19.6 Å². The zero-order valence-electron chi connectivity index (χ0n) is 26.6. The molecule has 0 aliphatic carbocycles. The molecule has 1 atom stereocenters. The van der Waals surface area contributed by atoms with Gasteiger partial charge in [0.2, 0.25) is 0 Å².